The lowest BCUT2D eigenvalue weighted by Crippen LogP contribution is -2.19. The Labute approximate surface area is 85.0 Å². The molecule has 0 aliphatic carbocycles. The summed E-state index contributed by atoms with van der Waals surface area (Å²) in [7, 11) is 1.37. The standard InChI is InChI=1S/C8H11BrN2O2/c1-5-4-7(9)10-11(5)6(2)8(12)13-3/h4,6H,1-3H3. The molecule has 1 unspecified atom stereocenters. The van der Waals surface area contributed by atoms with Gasteiger partial charge in [-0.15, -0.1) is 0 Å². The number of halogens is 1. The molecule has 0 aliphatic rings. The molecule has 1 aromatic rings. The van der Waals surface area contributed by atoms with Crippen molar-refractivity contribution in [2.24, 2.45) is 0 Å². The lowest BCUT2D eigenvalue weighted by Gasteiger charge is -2.10. The molecule has 0 radical (unpaired) electrons. The second-order valence-electron chi connectivity index (χ2n) is 2.75. The molecule has 0 aliphatic heterocycles. The molecule has 1 heterocycles. The first kappa shape index (κ1) is 10.2. The summed E-state index contributed by atoms with van der Waals surface area (Å²) in [4.78, 5) is 11.2. The fourth-order valence-corrected chi connectivity index (χ4v) is 1.61. The summed E-state index contributed by atoms with van der Waals surface area (Å²) in [6, 6.07) is 1.47. The molecule has 5 heteroatoms. The Kier molecular flexibility index (Phi) is 3.08. The van der Waals surface area contributed by atoms with E-state index in [1.165, 1.54) is 7.11 Å². The van der Waals surface area contributed by atoms with Crippen molar-refractivity contribution in [3.8, 4) is 0 Å². The van der Waals surface area contributed by atoms with E-state index >= 15 is 0 Å². The maximum absolute atomic E-state index is 11.2. The number of ether oxygens (including phenoxy) is 1. The van der Waals surface area contributed by atoms with Gasteiger partial charge in [-0.2, -0.15) is 5.10 Å². The molecule has 1 aromatic heterocycles. The van der Waals surface area contributed by atoms with E-state index in [1.54, 1.807) is 11.6 Å². The molecule has 0 N–H and O–H groups in total. The third kappa shape index (κ3) is 2.09. The third-order valence-electron chi connectivity index (χ3n) is 1.80. The summed E-state index contributed by atoms with van der Waals surface area (Å²) < 4.78 is 6.96. The van der Waals surface area contributed by atoms with Crippen LogP contribution in [0.15, 0.2) is 10.7 Å². The fraction of sp³-hybridized carbons (Fsp3) is 0.500. The van der Waals surface area contributed by atoms with Crippen molar-refractivity contribution in [1.29, 1.82) is 0 Å². The molecule has 0 spiro atoms. The minimum absolute atomic E-state index is 0.293. The van der Waals surface area contributed by atoms with Gasteiger partial charge in [0.1, 0.15) is 10.6 Å². The van der Waals surface area contributed by atoms with E-state index in [0.717, 1.165) is 10.3 Å². The van der Waals surface area contributed by atoms with Crippen LogP contribution >= 0.6 is 15.9 Å². The van der Waals surface area contributed by atoms with Crippen molar-refractivity contribution in [2.75, 3.05) is 7.11 Å². The van der Waals surface area contributed by atoms with Gasteiger partial charge < -0.3 is 4.74 Å². The largest absolute Gasteiger partial charge is 0.467 e. The van der Waals surface area contributed by atoms with E-state index in [2.05, 4.69) is 25.8 Å². The van der Waals surface area contributed by atoms with Crippen LogP contribution < -0.4 is 0 Å². The smallest absolute Gasteiger partial charge is 0.330 e. The minimum Gasteiger partial charge on any atom is -0.467 e. The van der Waals surface area contributed by atoms with E-state index in [1.807, 2.05) is 13.0 Å². The Morgan fingerprint density at radius 2 is 2.38 bits per heavy atom. The molecule has 0 saturated heterocycles. The van der Waals surface area contributed by atoms with E-state index in [9.17, 15) is 4.79 Å². The number of carbonyl (C=O) groups excluding carboxylic acids is 1. The van der Waals surface area contributed by atoms with Gasteiger partial charge in [-0.25, -0.2) is 4.79 Å². The van der Waals surface area contributed by atoms with Gasteiger partial charge in [0.2, 0.25) is 0 Å². The molecule has 0 amide bonds. The van der Waals surface area contributed by atoms with E-state index in [4.69, 9.17) is 0 Å². The predicted octanol–water partition coefficient (Wildman–Crippen LogP) is 1.69. The normalized spacial score (nSPS) is 12.6. The highest BCUT2D eigenvalue weighted by molar-refractivity contribution is 9.10. The van der Waals surface area contributed by atoms with E-state index in [-0.39, 0.29) is 12.0 Å². The molecule has 4 nitrogen and oxygen atoms in total. The van der Waals surface area contributed by atoms with Crippen molar-refractivity contribution in [2.45, 2.75) is 19.9 Å². The van der Waals surface area contributed by atoms with E-state index in [0.29, 0.717) is 0 Å². The lowest BCUT2D eigenvalue weighted by molar-refractivity contribution is -0.144. The van der Waals surface area contributed by atoms with Gasteiger partial charge in [-0.05, 0) is 35.8 Å². The van der Waals surface area contributed by atoms with Gasteiger partial charge >= 0.3 is 5.97 Å². The number of hydrogen-bond acceptors (Lipinski definition) is 3. The Balaban J connectivity index is 2.94. The maximum atomic E-state index is 11.2. The summed E-state index contributed by atoms with van der Waals surface area (Å²) >= 11 is 3.24. The summed E-state index contributed by atoms with van der Waals surface area (Å²) in [6.07, 6.45) is 0. The van der Waals surface area contributed by atoms with Crippen LogP contribution in [-0.2, 0) is 9.53 Å². The topological polar surface area (TPSA) is 44.1 Å². The second-order valence-corrected chi connectivity index (χ2v) is 3.56. The Hall–Kier alpha value is -0.840. The zero-order valence-corrected chi connectivity index (χ0v) is 9.33. The van der Waals surface area contributed by atoms with Gasteiger partial charge in [-0.1, -0.05) is 0 Å². The highest BCUT2D eigenvalue weighted by Gasteiger charge is 2.17. The quantitative estimate of drug-likeness (QED) is 0.747. The minimum atomic E-state index is -0.378. The Bertz CT molecular complexity index is 322. The van der Waals surface area contributed by atoms with Gasteiger partial charge in [-0.3, -0.25) is 4.68 Å². The Morgan fingerprint density at radius 3 is 2.77 bits per heavy atom. The van der Waals surface area contributed by atoms with Crippen molar-refractivity contribution in [3.05, 3.63) is 16.4 Å². The van der Waals surface area contributed by atoms with Crippen molar-refractivity contribution >= 4 is 21.9 Å². The number of methoxy groups -OCH3 is 1. The van der Waals surface area contributed by atoms with Crippen LogP contribution in [0.2, 0.25) is 0 Å². The van der Waals surface area contributed by atoms with E-state index < -0.39 is 0 Å². The third-order valence-corrected chi connectivity index (χ3v) is 2.19. The SMILES string of the molecule is COC(=O)C(C)n1nc(Br)cc1C. The van der Waals surface area contributed by atoms with Crippen molar-refractivity contribution < 1.29 is 9.53 Å². The van der Waals surface area contributed by atoms with Gasteiger partial charge in [0.15, 0.2) is 0 Å². The number of carbonyl (C=O) groups is 1. The number of esters is 1. The zero-order valence-electron chi connectivity index (χ0n) is 7.74. The highest BCUT2D eigenvalue weighted by atomic mass is 79.9. The summed E-state index contributed by atoms with van der Waals surface area (Å²) in [5, 5.41) is 4.11. The van der Waals surface area contributed by atoms with Gasteiger partial charge in [0.25, 0.3) is 0 Å². The first-order valence-electron chi connectivity index (χ1n) is 3.85. The van der Waals surface area contributed by atoms with Crippen LogP contribution in [0.3, 0.4) is 0 Å². The van der Waals surface area contributed by atoms with Crippen molar-refractivity contribution in [1.82, 2.24) is 9.78 Å². The number of hydrogen-bond donors (Lipinski definition) is 0. The predicted molar refractivity (Wildman–Crippen MR) is 51.4 cm³/mol. The zero-order chi connectivity index (χ0) is 10.0. The number of nitrogens with zero attached hydrogens (tertiary/aromatic N) is 2. The molecule has 72 valence electrons. The first-order valence-corrected chi connectivity index (χ1v) is 4.65. The molecule has 0 aromatic carbocycles. The number of aryl methyl sites for hydroxylation is 1. The molecular weight excluding hydrogens is 236 g/mol. The fourth-order valence-electron chi connectivity index (χ4n) is 1.11. The van der Waals surface area contributed by atoms with Crippen LogP contribution in [0.5, 0.6) is 0 Å². The number of rotatable bonds is 2. The van der Waals surface area contributed by atoms with Crippen molar-refractivity contribution in [3.63, 3.8) is 0 Å². The highest BCUT2D eigenvalue weighted by Crippen LogP contribution is 2.15. The summed E-state index contributed by atoms with van der Waals surface area (Å²) in [5.74, 6) is -0.293. The molecule has 0 fully saturated rings. The van der Waals surface area contributed by atoms with Crippen LogP contribution in [0, 0.1) is 6.92 Å². The molecule has 13 heavy (non-hydrogen) atoms. The molecule has 0 saturated carbocycles. The maximum Gasteiger partial charge on any atom is 0.330 e. The van der Waals surface area contributed by atoms with Crippen LogP contribution in [0.4, 0.5) is 0 Å². The van der Waals surface area contributed by atoms with Gasteiger partial charge in [0, 0.05) is 5.69 Å². The average molecular weight is 247 g/mol. The van der Waals surface area contributed by atoms with Crippen LogP contribution in [0.25, 0.3) is 0 Å². The molecule has 1 rings (SSSR count). The Morgan fingerprint density at radius 1 is 1.77 bits per heavy atom. The molecule has 0 bridgehead atoms. The summed E-state index contributed by atoms with van der Waals surface area (Å²) in [6.45, 7) is 3.63. The second kappa shape index (κ2) is 3.91. The number of aromatic nitrogens is 2. The lowest BCUT2D eigenvalue weighted by atomic mass is 10.3. The molecule has 1 atom stereocenters. The summed E-state index contributed by atoms with van der Waals surface area (Å²) in [5.41, 5.74) is 0.921. The van der Waals surface area contributed by atoms with Crippen LogP contribution in [-0.4, -0.2) is 22.9 Å². The average Bonchev–Trinajstić information content (AvgIpc) is 2.42. The first-order chi connectivity index (χ1) is 6.06. The van der Waals surface area contributed by atoms with Crippen LogP contribution in [0.1, 0.15) is 18.7 Å². The molecular formula is C8H11BrN2O2. The van der Waals surface area contributed by atoms with Gasteiger partial charge in [0.05, 0.1) is 7.11 Å². The monoisotopic (exact) mass is 246 g/mol.